The van der Waals surface area contributed by atoms with Gasteiger partial charge in [-0.2, -0.15) is 0 Å². The van der Waals surface area contributed by atoms with Gasteiger partial charge in [0, 0.05) is 6.04 Å². The van der Waals surface area contributed by atoms with Crippen LogP contribution in [0.2, 0.25) is 0 Å². The molecule has 0 spiro atoms. The van der Waals surface area contributed by atoms with Crippen molar-refractivity contribution in [2.24, 2.45) is 0 Å². The first-order chi connectivity index (χ1) is 5.90. The number of rotatable bonds is 2. The Bertz CT molecular complexity index is 273. The number of methoxy groups -OCH3 is 1. The van der Waals surface area contributed by atoms with E-state index in [0.717, 1.165) is 12.3 Å². The molecular formula is C10H14ClNO. The number of hydrogen-bond acceptors (Lipinski definition) is 2. The van der Waals surface area contributed by atoms with Gasteiger partial charge in [-0.1, -0.05) is 12.1 Å². The fourth-order valence-electron chi connectivity index (χ4n) is 1.43. The highest BCUT2D eigenvalue weighted by atomic mass is 35.5. The van der Waals surface area contributed by atoms with Crippen molar-refractivity contribution in [1.82, 2.24) is 5.32 Å². The van der Waals surface area contributed by atoms with Crippen molar-refractivity contribution in [2.75, 3.05) is 13.7 Å². The average molecular weight is 200 g/mol. The Labute approximate surface area is 84.7 Å². The molecule has 13 heavy (non-hydrogen) atoms. The first kappa shape index (κ1) is 10.4. The molecule has 0 amide bonds. The van der Waals surface area contributed by atoms with Crippen LogP contribution in [0.15, 0.2) is 24.3 Å². The smallest absolute Gasteiger partial charge is 0.119 e. The van der Waals surface area contributed by atoms with Crippen LogP contribution in [-0.2, 0) is 0 Å². The van der Waals surface area contributed by atoms with E-state index in [9.17, 15) is 0 Å². The lowest BCUT2D eigenvalue weighted by Crippen LogP contribution is -2.34. The second-order valence-electron chi connectivity index (χ2n) is 3.07. The maximum atomic E-state index is 5.15. The van der Waals surface area contributed by atoms with E-state index in [1.807, 2.05) is 12.1 Å². The zero-order valence-electron chi connectivity index (χ0n) is 7.62. The Kier molecular flexibility index (Phi) is 3.58. The van der Waals surface area contributed by atoms with Crippen LogP contribution in [0.25, 0.3) is 0 Å². The van der Waals surface area contributed by atoms with Crippen LogP contribution < -0.4 is 10.1 Å². The predicted octanol–water partition coefficient (Wildman–Crippen LogP) is 2.15. The second-order valence-corrected chi connectivity index (χ2v) is 3.07. The van der Waals surface area contributed by atoms with Crippen LogP contribution in [0.3, 0.4) is 0 Å². The maximum absolute atomic E-state index is 5.15. The van der Waals surface area contributed by atoms with E-state index in [-0.39, 0.29) is 12.4 Å². The summed E-state index contributed by atoms with van der Waals surface area (Å²) < 4.78 is 5.15. The number of ether oxygens (including phenoxy) is 1. The van der Waals surface area contributed by atoms with Crippen molar-refractivity contribution >= 4 is 12.4 Å². The third-order valence-corrected chi connectivity index (χ3v) is 2.32. The van der Waals surface area contributed by atoms with Crippen molar-refractivity contribution < 1.29 is 4.74 Å². The third kappa shape index (κ3) is 2.14. The standard InChI is InChI=1S/C10H13NO.ClH/c1-12-9-4-2-3-8(7-9)10-5-6-11-10;/h2-4,7,10-11H,5-6H2,1H3;1H/t10-;/m1./s1. The van der Waals surface area contributed by atoms with E-state index in [2.05, 4.69) is 17.4 Å². The summed E-state index contributed by atoms with van der Waals surface area (Å²) in [6.45, 7) is 1.14. The Hall–Kier alpha value is -0.730. The molecule has 1 saturated heterocycles. The molecule has 1 heterocycles. The molecule has 1 aromatic rings. The summed E-state index contributed by atoms with van der Waals surface area (Å²) in [7, 11) is 1.70. The van der Waals surface area contributed by atoms with Gasteiger partial charge in [0.15, 0.2) is 0 Å². The summed E-state index contributed by atoms with van der Waals surface area (Å²) in [5.41, 5.74) is 1.33. The largest absolute Gasteiger partial charge is 0.497 e. The van der Waals surface area contributed by atoms with Gasteiger partial charge in [-0.05, 0) is 30.7 Å². The van der Waals surface area contributed by atoms with Crippen molar-refractivity contribution in [3.63, 3.8) is 0 Å². The zero-order valence-corrected chi connectivity index (χ0v) is 8.43. The topological polar surface area (TPSA) is 21.3 Å². The third-order valence-electron chi connectivity index (χ3n) is 2.32. The van der Waals surface area contributed by atoms with Crippen LogP contribution in [0.1, 0.15) is 18.0 Å². The molecule has 1 atom stereocenters. The van der Waals surface area contributed by atoms with Crippen molar-refractivity contribution in [2.45, 2.75) is 12.5 Å². The highest BCUT2D eigenvalue weighted by molar-refractivity contribution is 5.85. The SMILES string of the molecule is COc1cccc([C@H]2CCN2)c1.Cl. The van der Waals surface area contributed by atoms with E-state index in [1.54, 1.807) is 7.11 Å². The molecule has 3 heteroatoms. The lowest BCUT2D eigenvalue weighted by Gasteiger charge is -2.28. The Balaban J connectivity index is 0.000000845. The van der Waals surface area contributed by atoms with Crippen molar-refractivity contribution in [3.8, 4) is 5.75 Å². The van der Waals surface area contributed by atoms with Crippen molar-refractivity contribution in [1.29, 1.82) is 0 Å². The minimum atomic E-state index is 0. The molecule has 1 aromatic carbocycles. The number of hydrogen-bond donors (Lipinski definition) is 1. The molecule has 1 aliphatic rings. The molecule has 1 N–H and O–H groups in total. The van der Waals surface area contributed by atoms with Crippen LogP contribution >= 0.6 is 12.4 Å². The fraction of sp³-hybridized carbons (Fsp3) is 0.400. The highest BCUT2D eigenvalue weighted by Crippen LogP contribution is 2.25. The minimum Gasteiger partial charge on any atom is -0.497 e. The molecule has 0 unspecified atom stereocenters. The molecule has 1 aliphatic heterocycles. The van der Waals surface area contributed by atoms with Gasteiger partial charge in [0.05, 0.1) is 7.11 Å². The first-order valence-electron chi connectivity index (χ1n) is 4.27. The molecule has 0 aliphatic carbocycles. The van der Waals surface area contributed by atoms with E-state index in [1.165, 1.54) is 12.0 Å². The van der Waals surface area contributed by atoms with Gasteiger partial charge in [0.25, 0.3) is 0 Å². The van der Waals surface area contributed by atoms with Gasteiger partial charge in [-0.25, -0.2) is 0 Å². The summed E-state index contributed by atoms with van der Waals surface area (Å²) in [5, 5.41) is 3.36. The monoisotopic (exact) mass is 199 g/mol. The number of benzene rings is 1. The van der Waals surface area contributed by atoms with Gasteiger partial charge in [0.2, 0.25) is 0 Å². The van der Waals surface area contributed by atoms with E-state index in [0.29, 0.717) is 6.04 Å². The zero-order chi connectivity index (χ0) is 8.39. The van der Waals surface area contributed by atoms with E-state index >= 15 is 0 Å². The van der Waals surface area contributed by atoms with E-state index < -0.39 is 0 Å². The lowest BCUT2D eigenvalue weighted by atomic mass is 9.98. The molecule has 2 rings (SSSR count). The summed E-state index contributed by atoms with van der Waals surface area (Å²) in [4.78, 5) is 0. The summed E-state index contributed by atoms with van der Waals surface area (Å²) in [6.07, 6.45) is 1.24. The normalized spacial score (nSPS) is 19.9. The molecule has 2 nitrogen and oxygen atoms in total. The van der Waals surface area contributed by atoms with Gasteiger partial charge in [-0.15, -0.1) is 12.4 Å². The van der Waals surface area contributed by atoms with E-state index in [4.69, 9.17) is 4.74 Å². The quantitative estimate of drug-likeness (QED) is 0.788. The van der Waals surface area contributed by atoms with Crippen LogP contribution in [0.5, 0.6) is 5.75 Å². The number of nitrogens with one attached hydrogen (secondary N) is 1. The minimum absolute atomic E-state index is 0. The lowest BCUT2D eigenvalue weighted by molar-refractivity contribution is 0.378. The maximum Gasteiger partial charge on any atom is 0.119 e. The Morgan fingerprint density at radius 1 is 1.46 bits per heavy atom. The van der Waals surface area contributed by atoms with Crippen LogP contribution in [0.4, 0.5) is 0 Å². The summed E-state index contributed by atoms with van der Waals surface area (Å²) >= 11 is 0. The molecular weight excluding hydrogens is 186 g/mol. The second kappa shape index (κ2) is 4.49. The molecule has 0 bridgehead atoms. The molecule has 72 valence electrons. The number of halogens is 1. The highest BCUT2D eigenvalue weighted by Gasteiger charge is 2.18. The first-order valence-corrected chi connectivity index (χ1v) is 4.27. The van der Waals surface area contributed by atoms with Crippen LogP contribution in [-0.4, -0.2) is 13.7 Å². The van der Waals surface area contributed by atoms with Gasteiger partial charge < -0.3 is 10.1 Å². The summed E-state index contributed by atoms with van der Waals surface area (Å²) in [6, 6.07) is 8.80. The Morgan fingerprint density at radius 2 is 2.23 bits per heavy atom. The summed E-state index contributed by atoms with van der Waals surface area (Å²) in [5.74, 6) is 0.946. The van der Waals surface area contributed by atoms with Crippen LogP contribution in [0, 0.1) is 0 Å². The molecule has 0 radical (unpaired) electrons. The van der Waals surface area contributed by atoms with Crippen molar-refractivity contribution in [3.05, 3.63) is 29.8 Å². The average Bonchev–Trinajstić information content (AvgIpc) is 2.02. The van der Waals surface area contributed by atoms with Gasteiger partial charge in [-0.3, -0.25) is 0 Å². The fourth-order valence-corrected chi connectivity index (χ4v) is 1.43. The molecule has 1 fully saturated rings. The predicted molar refractivity (Wildman–Crippen MR) is 55.6 cm³/mol. The molecule has 0 saturated carbocycles. The molecule has 0 aromatic heterocycles. The van der Waals surface area contributed by atoms with Gasteiger partial charge >= 0.3 is 0 Å². The Morgan fingerprint density at radius 3 is 2.77 bits per heavy atom. The van der Waals surface area contributed by atoms with Gasteiger partial charge in [0.1, 0.15) is 5.75 Å².